The van der Waals surface area contributed by atoms with Crippen LogP contribution in [0.2, 0.25) is 0 Å². The van der Waals surface area contributed by atoms with Crippen LogP contribution < -0.4 is 0 Å². The fraction of sp³-hybridized carbons (Fsp3) is 0.433. The smallest absolute Gasteiger partial charge is 0.356 e. The molecule has 0 atom stereocenters. The Bertz CT molecular complexity index is 1240. The lowest BCUT2D eigenvalue weighted by Gasteiger charge is -2.20. The Hall–Kier alpha value is -3.45. The Balaban J connectivity index is 1.99. The molecule has 0 saturated heterocycles. The van der Waals surface area contributed by atoms with Crippen LogP contribution in [0.3, 0.4) is 0 Å². The van der Waals surface area contributed by atoms with Gasteiger partial charge in [-0.2, -0.15) is 0 Å². The minimum absolute atomic E-state index is 0.264. The average molecular weight is 507 g/mol. The molecule has 0 amide bonds. The Morgan fingerprint density at radius 1 is 0.973 bits per heavy atom. The minimum atomic E-state index is -1.30. The van der Waals surface area contributed by atoms with Crippen molar-refractivity contribution in [2.24, 2.45) is 0 Å². The predicted molar refractivity (Wildman–Crippen MR) is 144 cm³/mol. The van der Waals surface area contributed by atoms with Crippen molar-refractivity contribution in [1.29, 1.82) is 0 Å². The van der Waals surface area contributed by atoms with Crippen molar-refractivity contribution in [3.8, 4) is 11.1 Å². The molecule has 37 heavy (non-hydrogen) atoms. The number of aromatic nitrogens is 2. The van der Waals surface area contributed by atoms with E-state index in [2.05, 4.69) is 11.9 Å². The molecule has 0 aliphatic rings. The zero-order valence-electron chi connectivity index (χ0n) is 22.9. The minimum Gasteiger partial charge on any atom is -0.464 e. The maximum Gasteiger partial charge on any atom is 0.356 e. The Morgan fingerprint density at radius 3 is 2.19 bits per heavy atom. The normalized spacial score (nSPS) is 11.9. The number of methoxy groups -OCH3 is 1. The third-order valence-corrected chi connectivity index (χ3v) is 5.91. The van der Waals surface area contributed by atoms with E-state index >= 15 is 0 Å². The molecule has 7 nitrogen and oxygen atoms in total. The van der Waals surface area contributed by atoms with E-state index in [1.807, 2.05) is 67.8 Å². The second-order valence-corrected chi connectivity index (χ2v) is 10.7. The standard InChI is InChI=1S/C30H38N2O5/c1-8-9-14-24-31-26(30(5,6)35)25(28(34)36-7)32(24)19-20-15-17-21(18-16-20)22-12-10-11-13-23(22)27(33)37-29(2,3)4/h10-13,15-18,35H,8-9,14,19H2,1-7H3. The SMILES string of the molecule is CCCCc1nc(C(C)(C)O)c(C(=O)OC)n1Cc1ccc(-c2ccccc2C(=O)OC(C)(C)C)cc1. The predicted octanol–water partition coefficient (Wildman–Crippen LogP) is 5.91. The molecule has 0 aliphatic heterocycles. The highest BCUT2D eigenvalue weighted by Crippen LogP contribution is 2.29. The average Bonchev–Trinajstić information content (AvgIpc) is 3.20. The fourth-order valence-electron chi connectivity index (χ4n) is 4.14. The van der Waals surface area contributed by atoms with Gasteiger partial charge in [-0.05, 0) is 63.8 Å². The van der Waals surface area contributed by atoms with Gasteiger partial charge in [0.25, 0.3) is 0 Å². The summed E-state index contributed by atoms with van der Waals surface area (Å²) in [4.78, 5) is 30.3. The molecule has 0 aliphatic carbocycles. The van der Waals surface area contributed by atoms with Gasteiger partial charge < -0.3 is 19.1 Å². The van der Waals surface area contributed by atoms with Crippen LogP contribution in [0.5, 0.6) is 0 Å². The molecule has 3 rings (SSSR count). The van der Waals surface area contributed by atoms with E-state index in [9.17, 15) is 14.7 Å². The molecular formula is C30H38N2O5. The van der Waals surface area contributed by atoms with E-state index < -0.39 is 17.2 Å². The summed E-state index contributed by atoms with van der Waals surface area (Å²) in [6.45, 7) is 11.3. The van der Waals surface area contributed by atoms with Crippen LogP contribution in [0.4, 0.5) is 0 Å². The highest BCUT2D eigenvalue weighted by molar-refractivity contribution is 5.97. The largest absolute Gasteiger partial charge is 0.464 e. The van der Waals surface area contributed by atoms with Crippen molar-refractivity contribution >= 4 is 11.9 Å². The van der Waals surface area contributed by atoms with Crippen molar-refractivity contribution in [3.05, 3.63) is 76.9 Å². The number of esters is 2. The summed E-state index contributed by atoms with van der Waals surface area (Å²) in [6, 6.07) is 15.2. The third kappa shape index (κ3) is 6.86. The molecule has 7 heteroatoms. The zero-order valence-corrected chi connectivity index (χ0v) is 22.9. The maximum absolute atomic E-state index is 12.8. The Labute approximate surface area is 219 Å². The van der Waals surface area contributed by atoms with E-state index in [0.717, 1.165) is 35.4 Å². The lowest BCUT2D eigenvalue weighted by Crippen LogP contribution is -2.24. The van der Waals surface area contributed by atoms with Crippen LogP contribution in [0, 0.1) is 0 Å². The van der Waals surface area contributed by atoms with Gasteiger partial charge in [0.05, 0.1) is 12.7 Å². The summed E-state index contributed by atoms with van der Waals surface area (Å²) in [6.07, 6.45) is 2.56. The number of carbonyl (C=O) groups is 2. The molecule has 0 saturated carbocycles. The lowest BCUT2D eigenvalue weighted by molar-refractivity contribution is 0.00702. The number of aryl methyl sites for hydroxylation is 1. The molecule has 0 fully saturated rings. The summed E-state index contributed by atoms with van der Waals surface area (Å²) in [7, 11) is 1.33. The first kappa shape index (κ1) is 28.1. The van der Waals surface area contributed by atoms with Gasteiger partial charge in [-0.25, -0.2) is 14.6 Å². The molecule has 2 aromatic carbocycles. The molecule has 1 aromatic heterocycles. The first-order valence-electron chi connectivity index (χ1n) is 12.7. The van der Waals surface area contributed by atoms with Crippen LogP contribution in [0.1, 0.15) is 92.3 Å². The number of carbonyl (C=O) groups excluding carboxylic acids is 2. The Kier molecular flexibility index (Phi) is 8.59. The molecule has 1 N–H and O–H groups in total. The maximum atomic E-state index is 12.8. The lowest BCUT2D eigenvalue weighted by atomic mass is 9.98. The summed E-state index contributed by atoms with van der Waals surface area (Å²) >= 11 is 0. The molecular weight excluding hydrogens is 468 g/mol. The number of imidazole rings is 1. The number of aliphatic hydroxyl groups is 1. The van der Waals surface area contributed by atoms with Crippen LogP contribution in [-0.2, 0) is 28.0 Å². The monoisotopic (exact) mass is 506 g/mol. The van der Waals surface area contributed by atoms with Gasteiger partial charge in [-0.1, -0.05) is 55.8 Å². The van der Waals surface area contributed by atoms with Gasteiger partial charge in [0, 0.05) is 13.0 Å². The van der Waals surface area contributed by atoms with Crippen molar-refractivity contribution in [3.63, 3.8) is 0 Å². The van der Waals surface area contributed by atoms with Crippen molar-refractivity contribution in [2.45, 2.75) is 78.6 Å². The number of ether oxygens (including phenoxy) is 2. The molecule has 0 unspecified atom stereocenters. The fourth-order valence-corrected chi connectivity index (χ4v) is 4.14. The summed E-state index contributed by atoms with van der Waals surface area (Å²) in [5.74, 6) is -0.165. The topological polar surface area (TPSA) is 90.6 Å². The number of hydrogen-bond acceptors (Lipinski definition) is 6. The van der Waals surface area contributed by atoms with Gasteiger partial charge in [0.15, 0.2) is 5.69 Å². The van der Waals surface area contributed by atoms with Crippen LogP contribution in [0.15, 0.2) is 48.5 Å². The molecule has 1 heterocycles. The highest BCUT2D eigenvalue weighted by atomic mass is 16.6. The number of benzene rings is 2. The van der Waals surface area contributed by atoms with Crippen LogP contribution in [-0.4, -0.2) is 39.3 Å². The summed E-state index contributed by atoms with van der Waals surface area (Å²) in [5.41, 5.74) is 1.81. The van der Waals surface area contributed by atoms with E-state index in [1.165, 1.54) is 7.11 Å². The molecule has 0 spiro atoms. The molecule has 198 valence electrons. The van der Waals surface area contributed by atoms with Crippen molar-refractivity contribution in [2.75, 3.05) is 7.11 Å². The highest BCUT2D eigenvalue weighted by Gasteiger charge is 2.32. The van der Waals surface area contributed by atoms with Gasteiger partial charge in [-0.3, -0.25) is 0 Å². The number of unbranched alkanes of at least 4 members (excludes halogenated alkanes) is 1. The van der Waals surface area contributed by atoms with E-state index in [1.54, 1.807) is 19.9 Å². The van der Waals surface area contributed by atoms with Crippen LogP contribution in [0.25, 0.3) is 11.1 Å². The number of nitrogens with zero attached hydrogens (tertiary/aromatic N) is 2. The molecule has 0 radical (unpaired) electrons. The van der Waals surface area contributed by atoms with Crippen molar-refractivity contribution in [1.82, 2.24) is 9.55 Å². The molecule has 0 bridgehead atoms. The quantitative estimate of drug-likeness (QED) is 0.363. The van der Waals surface area contributed by atoms with Crippen molar-refractivity contribution < 1.29 is 24.2 Å². The Morgan fingerprint density at radius 2 is 1.62 bits per heavy atom. The van der Waals surface area contributed by atoms with E-state index in [-0.39, 0.29) is 11.7 Å². The van der Waals surface area contributed by atoms with Gasteiger partial charge in [0.2, 0.25) is 0 Å². The van der Waals surface area contributed by atoms with Crippen LogP contribution >= 0.6 is 0 Å². The van der Waals surface area contributed by atoms with Gasteiger partial charge in [0.1, 0.15) is 22.7 Å². The van der Waals surface area contributed by atoms with Gasteiger partial charge in [-0.15, -0.1) is 0 Å². The van der Waals surface area contributed by atoms with E-state index in [0.29, 0.717) is 24.2 Å². The first-order chi connectivity index (χ1) is 17.4. The second kappa shape index (κ2) is 11.3. The third-order valence-electron chi connectivity index (χ3n) is 5.91. The number of rotatable bonds is 9. The zero-order chi connectivity index (χ0) is 27.4. The first-order valence-corrected chi connectivity index (χ1v) is 12.7. The van der Waals surface area contributed by atoms with Gasteiger partial charge >= 0.3 is 11.9 Å². The van der Waals surface area contributed by atoms with E-state index in [4.69, 9.17) is 9.47 Å². The number of hydrogen-bond donors (Lipinski definition) is 1. The molecule has 3 aromatic rings. The summed E-state index contributed by atoms with van der Waals surface area (Å²) in [5, 5.41) is 10.7. The summed E-state index contributed by atoms with van der Waals surface area (Å²) < 4.78 is 12.5. The second-order valence-electron chi connectivity index (χ2n) is 10.7.